The molecule has 3 aromatic rings. The summed E-state index contributed by atoms with van der Waals surface area (Å²) < 4.78 is 46.5. The Morgan fingerprint density at radius 2 is 1.52 bits per heavy atom. The number of rotatable bonds is 5. The number of likely N-dealkylation sites (tertiary alicyclic amines) is 2. The number of nitrogens with zero attached hydrogens (tertiary/aromatic N) is 4. The second kappa shape index (κ2) is 11.5. The van der Waals surface area contributed by atoms with Crippen molar-refractivity contribution < 1.29 is 17.5 Å². The zero-order valence-corrected chi connectivity index (χ0v) is 24.5. The first-order valence-corrected chi connectivity index (χ1v) is 16.7. The molecule has 0 N–H and O–H groups in total. The van der Waals surface area contributed by atoms with Crippen LogP contribution in [0.5, 0.6) is 0 Å². The predicted molar refractivity (Wildman–Crippen MR) is 156 cm³/mol. The number of aromatic nitrogens is 2. The second-order valence-electron chi connectivity index (χ2n) is 11.9. The van der Waals surface area contributed by atoms with Crippen LogP contribution in [-0.2, 0) is 21.6 Å². The van der Waals surface area contributed by atoms with E-state index < -0.39 is 9.84 Å². The lowest BCUT2D eigenvalue weighted by atomic mass is 9.88. The Kier molecular flexibility index (Phi) is 8.00. The molecule has 216 valence electrons. The van der Waals surface area contributed by atoms with Crippen molar-refractivity contribution in [2.24, 2.45) is 7.05 Å². The summed E-state index contributed by atoms with van der Waals surface area (Å²) in [4.78, 5) is 10.3. The fourth-order valence-corrected chi connectivity index (χ4v) is 7.72. The summed E-state index contributed by atoms with van der Waals surface area (Å²) >= 11 is 0. The third-order valence-electron chi connectivity index (χ3n) is 9.46. The van der Waals surface area contributed by atoms with E-state index in [0.29, 0.717) is 29.3 Å². The van der Waals surface area contributed by atoms with E-state index in [1.807, 2.05) is 11.6 Å². The molecule has 3 aliphatic rings. The molecule has 6 rings (SSSR count). The lowest BCUT2D eigenvalue weighted by Gasteiger charge is -2.38. The second-order valence-corrected chi connectivity index (χ2v) is 14.0. The lowest BCUT2D eigenvalue weighted by molar-refractivity contribution is 0.0341. The van der Waals surface area contributed by atoms with Gasteiger partial charge in [0.2, 0.25) is 0 Å². The maximum Gasteiger partial charge on any atom is 0.175 e. The van der Waals surface area contributed by atoms with Crippen LogP contribution in [0.1, 0.15) is 56.4 Å². The molecule has 0 aliphatic carbocycles. The molecule has 0 spiro atoms. The lowest BCUT2D eigenvalue weighted by Crippen LogP contribution is -2.43. The van der Waals surface area contributed by atoms with E-state index in [1.54, 1.807) is 30.3 Å². The minimum Gasteiger partial charge on any atom is -0.381 e. The number of sulfone groups is 1. The van der Waals surface area contributed by atoms with E-state index in [0.717, 1.165) is 55.8 Å². The van der Waals surface area contributed by atoms with Crippen molar-refractivity contribution in [3.8, 4) is 11.4 Å². The topological polar surface area (TPSA) is 67.7 Å². The highest BCUT2D eigenvalue weighted by Gasteiger charge is 2.30. The Morgan fingerprint density at radius 1 is 0.875 bits per heavy atom. The van der Waals surface area contributed by atoms with Gasteiger partial charge in [0.15, 0.2) is 15.7 Å². The number of benzene rings is 2. The Bertz CT molecular complexity index is 1440. The molecule has 3 fully saturated rings. The predicted octanol–water partition coefficient (Wildman–Crippen LogP) is 5.00. The van der Waals surface area contributed by atoms with Crippen molar-refractivity contribution in [2.45, 2.75) is 67.8 Å². The molecule has 1 aromatic heterocycles. The Morgan fingerprint density at radius 3 is 2.23 bits per heavy atom. The zero-order chi connectivity index (χ0) is 27.9. The molecule has 0 radical (unpaired) electrons. The van der Waals surface area contributed by atoms with Gasteiger partial charge in [-0.3, -0.25) is 0 Å². The van der Waals surface area contributed by atoms with Gasteiger partial charge in [-0.15, -0.1) is 0 Å². The van der Waals surface area contributed by atoms with Gasteiger partial charge in [0, 0.05) is 44.2 Å². The molecule has 3 saturated heterocycles. The van der Waals surface area contributed by atoms with Crippen LogP contribution in [0, 0.1) is 5.82 Å². The van der Waals surface area contributed by atoms with Gasteiger partial charge >= 0.3 is 0 Å². The maximum absolute atomic E-state index is 15.4. The van der Waals surface area contributed by atoms with Crippen LogP contribution in [0.3, 0.4) is 0 Å². The number of fused-ring (bicyclic) bond motifs is 1. The van der Waals surface area contributed by atoms with Crippen molar-refractivity contribution in [2.75, 3.05) is 45.6 Å². The summed E-state index contributed by atoms with van der Waals surface area (Å²) in [6.45, 7) is 6.35. The number of aryl methyl sites for hydroxylation is 1. The van der Waals surface area contributed by atoms with Gasteiger partial charge in [-0.2, -0.15) is 0 Å². The number of hydrogen-bond acceptors (Lipinski definition) is 6. The molecule has 0 amide bonds. The van der Waals surface area contributed by atoms with E-state index >= 15 is 4.39 Å². The molecule has 1 atom stereocenters. The van der Waals surface area contributed by atoms with Crippen LogP contribution >= 0.6 is 0 Å². The van der Waals surface area contributed by atoms with Gasteiger partial charge < -0.3 is 19.1 Å². The van der Waals surface area contributed by atoms with Gasteiger partial charge in [-0.05, 0) is 119 Å². The summed E-state index contributed by atoms with van der Waals surface area (Å²) in [5.41, 5.74) is 2.95. The SMILES string of the molecule is Cn1c(-c2ccc(S(C)(=O)=O)cc2)nc2c(F)cc(C3CCN(C4CCCN(C5CCOCC5)CC4)CC3)cc21. The van der Waals surface area contributed by atoms with E-state index in [1.165, 1.54) is 51.4 Å². The highest BCUT2D eigenvalue weighted by Crippen LogP contribution is 2.35. The van der Waals surface area contributed by atoms with Crippen LogP contribution in [0.4, 0.5) is 4.39 Å². The standard InChI is InChI=1S/C31H41FN4O3S/c1-34-29-21-24(20-28(32)30(29)33-31(34)23-5-7-27(8-6-23)40(2,37)38)22-9-15-36(16-10-22)25-4-3-14-35(17-11-25)26-12-18-39-19-13-26/h5-8,20-22,25-26H,3-4,9-19H2,1-2H3. The van der Waals surface area contributed by atoms with E-state index in [-0.39, 0.29) is 10.7 Å². The first-order chi connectivity index (χ1) is 19.3. The largest absolute Gasteiger partial charge is 0.381 e. The minimum atomic E-state index is -3.28. The number of piperidine rings is 1. The fourth-order valence-electron chi connectivity index (χ4n) is 7.09. The van der Waals surface area contributed by atoms with Gasteiger partial charge in [0.05, 0.1) is 10.4 Å². The molecule has 1 unspecified atom stereocenters. The quantitative estimate of drug-likeness (QED) is 0.432. The van der Waals surface area contributed by atoms with Gasteiger partial charge in [-0.25, -0.2) is 17.8 Å². The third-order valence-corrected chi connectivity index (χ3v) is 10.6. The third kappa shape index (κ3) is 5.71. The van der Waals surface area contributed by atoms with Crippen molar-refractivity contribution in [1.82, 2.24) is 19.4 Å². The normalized spacial score (nSPS) is 23.0. The average molecular weight is 569 g/mol. The monoisotopic (exact) mass is 568 g/mol. The van der Waals surface area contributed by atoms with Crippen LogP contribution in [0.15, 0.2) is 41.3 Å². The summed E-state index contributed by atoms with van der Waals surface area (Å²) in [6, 6.07) is 11.8. The highest BCUT2D eigenvalue weighted by atomic mass is 32.2. The molecule has 3 aliphatic heterocycles. The van der Waals surface area contributed by atoms with Crippen molar-refractivity contribution in [3.05, 3.63) is 47.8 Å². The van der Waals surface area contributed by atoms with Gasteiger partial charge in [0.1, 0.15) is 11.3 Å². The molecule has 4 heterocycles. The van der Waals surface area contributed by atoms with E-state index in [4.69, 9.17) is 4.74 Å². The summed E-state index contributed by atoms with van der Waals surface area (Å²) in [5.74, 6) is 0.678. The molecule has 0 saturated carbocycles. The average Bonchev–Trinajstić information content (AvgIpc) is 3.13. The number of ether oxygens (including phenoxy) is 1. The van der Waals surface area contributed by atoms with Crippen molar-refractivity contribution in [3.63, 3.8) is 0 Å². The first kappa shape index (κ1) is 27.8. The molecule has 9 heteroatoms. The Labute approximate surface area is 237 Å². The molecule has 40 heavy (non-hydrogen) atoms. The Balaban J connectivity index is 1.13. The van der Waals surface area contributed by atoms with E-state index in [9.17, 15) is 8.42 Å². The highest BCUT2D eigenvalue weighted by molar-refractivity contribution is 7.90. The zero-order valence-electron chi connectivity index (χ0n) is 23.7. The van der Waals surface area contributed by atoms with Crippen molar-refractivity contribution >= 4 is 20.9 Å². The van der Waals surface area contributed by atoms with Crippen LogP contribution < -0.4 is 0 Å². The molecular weight excluding hydrogens is 527 g/mol. The molecule has 2 aromatic carbocycles. The van der Waals surface area contributed by atoms with Crippen LogP contribution in [0.2, 0.25) is 0 Å². The molecule has 7 nitrogen and oxygen atoms in total. The molecule has 0 bridgehead atoms. The number of halogens is 1. The number of hydrogen-bond donors (Lipinski definition) is 0. The van der Waals surface area contributed by atoms with Crippen LogP contribution in [0.25, 0.3) is 22.4 Å². The molecular formula is C31H41FN4O3S. The van der Waals surface area contributed by atoms with Gasteiger partial charge in [-0.1, -0.05) is 0 Å². The number of imidazole rings is 1. The fraction of sp³-hybridized carbons (Fsp3) is 0.581. The van der Waals surface area contributed by atoms with Crippen LogP contribution in [-0.4, -0.2) is 85.5 Å². The minimum absolute atomic E-state index is 0.260. The maximum atomic E-state index is 15.4. The smallest absolute Gasteiger partial charge is 0.175 e. The summed E-state index contributed by atoms with van der Waals surface area (Å²) in [7, 11) is -1.38. The Hall–Kier alpha value is -2.33. The summed E-state index contributed by atoms with van der Waals surface area (Å²) in [5, 5.41) is 0. The van der Waals surface area contributed by atoms with Crippen molar-refractivity contribution in [1.29, 1.82) is 0 Å². The summed E-state index contributed by atoms with van der Waals surface area (Å²) in [6.07, 6.45) is 9.40. The van der Waals surface area contributed by atoms with Gasteiger partial charge in [0.25, 0.3) is 0 Å². The first-order valence-electron chi connectivity index (χ1n) is 14.8. The van der Waals surface area contributed by atoms with E-state index in [2.05, 4.69) is 20.9 Å².